The molecule has 1 aromatic heterocycles. The molecule has 0 bridgehead atoms. The minimum absolute atomic E-state index is 0.309. The summed E-state index contributed by atoms with van der Waals surface area (Å²) in [6, 6.07) is 13.9. The molecular weight excluding hydrogens is 260 g/mol. The highest BCUT2D eigenvalue weighted by Gasteiger charge is 2.04. The number of nitrogens with zero attached hydrogens (tertiary/aromatic N) is 1. The van der Waals surface area contributed by atoms with E-state index in [0.717, 1.165) is 0 Å². The third-order valence-corrected chi connectivity index (χ3v) is 2.31. The Kier molecular flexibility index (Phi) is 5.86. The van der Waals surface area contributed by atoms with E-state index in [4.69, 9.17) is 5.11 Å². The molecule has 0 amide bonds. The second-order valence-electron chi connectivity index (χ2n) is 3.70. The van der Waals surface area contributed by atoms with Crippen molar-refractivity contribution in [3.8, 4) is 0 Å². The summed E-state index contributed by atoms with van der Waals surface area (Å²) in [5, 5.41) is 20.7. The van der Waals surface area contributed by atoms with Crippen LogP contribution in [0.4, 0.5) is 5.69 Å². The minimum Gasteiger partial charge on any atom is -0.543 e. The summed E-state index contributed by atoms with van der Waals surface area (Å²) in [6.07, 6.45) is 0. The van der Waals surface area contributed by atoms with Crippen LogP contribution in [0.5, 0.6) is 0 Å². The number of rotatable bonds is 3. The van der Waals surface area contributed by atoms with Gasteiger partial charge in [0, 0.05) is 0 Å². The first kappa shape index (κ1) is 15.3. The summed E-state index contributed by atoms with van der Waals surface area (Å²) in [6.45, 7) is 0. The standard InChI is InChI=1S/C7H5NO4.C7H9N/c9-6(10)4-2-1-3-5(8-4)7(11)12;1-8-7-5-3-2-4-6-7/h1-3H,(H,9,10)(H,11,12);2-6,8H,1H3. The van der Waals surface area contributed by atoms with Gasteiger partial charge in [-0.2, -0.15) is 0 Å². The molecule has 0 saturated heterocycles. The largest absolute Gasteiger partial charge is 0.543 e. The molecule has 0 aliphatic heterocycles. The van der Waals surface area contributed by atoms with Crippen molar-refractivity contribution in [3.05, 3.63) is 59.9 Å². The fourth-order valence-corrected chi connectivity index (χ4v) is 1.31. The Morgan fingerprint density at radius 1 is 1.05 bits per heavy atom. The number of carboxylic acids is 2. The van der Waals surface area contributed by atoms with Gasteiger partial charge in [0.1, 0.15) is 11.4 Å². The van der Waals surface area contributed by atoms with Crippen LogP contribution in [0.3, 0.4) is 0 Å². The lowest BCUT2D eigenvalue weighted by Gasteiger charge is -2.00. The van der Waals surface area contributed by atoms with Crippen molar-refractivity contribution in [1.29, 1.82) is 0 Å². The lowest BCUT2D eigenvalue weighted by atomic mass is 10.3. The van der Waals surface area contributed by atoms with E-state index in [0.29, 0.717) is 0 Å². The second-order valence-corrected chi connectivity index (χ2v) is 3.70. The van der Waals surface area contributed by atoms with Crippen molar-refractivity contribution in [2.24, 2.45) is 0 Å². The molecule has 2 rings (SSSR count). The SMILES string of the molecule is C[NH2+]c1ccccc1.O=C([O-])c1cccc(C(=O)O)n1. The van der Waals surface area contributed by atoms with E-state index in [2.05, 4.69) is 22.4 Å². The van der Waals surface area contributed by atoms with Gasteiger partial charge in [0.2, 0.25) is 0 Å². The van der Waals surface area contributed by atoms with Crippen LogP contribution in [-0.2, 0) is 0 Å². The number of carbonyl (C=O) groups is 2. The van der Waals surface area contributed by atoms with Crippen molar-refractivity contribution in [1.82, 2.24) is 4.98 Å². The number of aromatic carboxylic acids is 2. The Hall–Kier alpha value is -2.73. The molecule has 6 nitrogen and oxygen atoms in total. The third-order valence-electron chi connectivity index (χ3n) is 2.31. The predicted molar refractivity (Wildman–Crippen MR) is 69.5 cm³/mol. The average Bonchev–Trinajstić information content (AvgIpc) is 2.49. The number of carbonyl (C=O) groups excluding carboxylic acids is 1. The van der Waals surface area contributed by atoms with E-state index in [1.54, 1.807) is 0 Å². The Morgan fingerprint density at radius 2 is 1.65 bits per heavy atom. The van der Waals surface area contributed by atoms with Gasteiger partial charge in [0.05, 0.1) is 18.7 Å². The number of nitrogens with two attached hydrogens (primary N) is 1. The summed E-state index contributed by atoms with van der Waals surface area (Å²) < 4.78 is 0. The monoisotopic (exact) mass is 274 g/mol. The summed E-state index contributed by atoms with van der Waals surface area (Å²) in [4.78, 5) is 23.8. The predicted octanol–water partition coefficient (Wildman–Crippen LogP) is -0.345. The molecule has 0 aliphatic carbocycles. The fourth-order valence-electron chi connectivity index (χ4n) is 1.31. The number of hydrogen-bond acceptors (Lipinski definition) is 4. The number of aromatic nitrogens is 1. The average molecular weight is 274 g/mol. The summed E-state index contributed by atoms with van der Waals surface area (Å²) in [5.41, 5.74) is 0.596. The first-order chi connectivity index (χ1) is 9.54. The Morgan fingerprint density at radius 3 is 2.10 bits per heavy atom. The smallest absolute Gasteiger partial charge is 0.354 e. The molecule has 0 atom stereocenters. The van der Waals surface area contributed by atoms with E-state index in [-0.39, 0.29) is 11.4 Å². The van der Waals surface area contributed by atoms with E-state index < -0.39 is 11.9 Å². The molecule has 2 aromatic rings. The quantitative estimate of drug-likeness (QED) is 0.744. The Labute approximate surface area is 115 Å². The molecule has 0 saturated carbocycles. The fraction of sp³-hybridized carbons (Fsp3) is 0.0714. The van der Waals surface area contributed by atoms with Gasteiger partial charge >= 0.3 is 5.97 Å². The highest BCUT2D eigenvalue weighted by atomic mass is 16.4. The highest BCUT2D eigenvalue weighted by molar-refractivity contribution is 5.88. The third kappa shape index (κ3) is 4.87. The van der Waals surface area contributed by atoms with Crippen LogP contribution < -0.4 is 10.4 Å². The summed E-state index contributed by atoms with van der Waals surface area (Å²) >= 11 is 0. The van der Waals surface area contributed by atoms with Gasteiger partial charge in [0.15, 0.2) is 0 Å². The van der Waals surface area contributed by atoms with Gasteiger partial charge in [-0.15, -0.1) is 0 Å². The van der Waals surface area contributed by atoms with Crippen LogP contribution in [-0.4, -0.2) is 29.1 Å². The zero-order valence-electron chi connectivity index (χ0n) is 10.8. The number of pyridine rings is 1. The minimum atomic E-state index is -1.49. The maximum atomic E-state index is 10.3. The van der Waals surface area contributed by atoms with Gasteiger partial charge in [-0.05, 0) is 24.3 Å². The maximum absolute atomic E-state index is 10.3. The van der Waals surface area contributed by atoms with Gasteiger partial charge < -0.3 is 20.3 Å². The number of quaternary nitrogens is 1. The number of benzene rings is 1. The van der Waals surface area contributed by atoms with Crippen LogP contribution in [0, 0.1) is 0 Å². The van der Waals surface area contributed by atoms with Crippen molar-refractivity contribution >= 4 is 17.6 Å². The zero-order valence-corrected chi connectivity index (χ0v) is 10.8. The highest BCUT2D eigenvalue weighted by Crippen LogP contribution is 1.98. The lowest BCUT2D eigenvalue weighted by molar-refractivity contribution is -0.539. The van der Waals surface area contributed by atoms with Crippen molar-refractivity contribution in [2.45, 2.75) is 0 Å². The molecule has 0 spiro atoms. The molecule has 3 N–H and O–H groups in total. The zero-order chi connectivity index (χ0) is 15.0. The van der Waals surface area contributed by atoms with E-state index in [1.165, 1.54) is 23.9 Å². The lowest BCUT2D eigenvalue weighted by Crippen LogP contribution is -2.72. The van der Waals surface area contributed by atoms with Crippen LogP contribution in [0.25, 0.3) is 0 Å². The normalized spacial score (nSPS) is 9.25. The van der Waals surface area contributed by atoms with Crippen molar-refractivity contribution in [3.63, 3.8) is 0 Å². The van der Waals surface area contributed by atoms with Crippen molar-refractivity contribution < 1.29 is 25.1 Å². The molecule has 104 valence electrons. The Bertz CT molecular complexity index is 555. The topological polar surface area (TPSA) is 107 Å². The molecule has 1 aromatic carbocycles. The van der Waals surface area contributed by atoms with Gasteiger partial charge in [-0.25, -0.2) is 9.78 Å². The molecule has 0 unspecified atom stereocenters. The van der Waals surface area contributed by atoms with Crippen LogP contribution in [0.15, 0.2) is 48.5 Å². The molecule has 1 heterocycles. The Balaban J connectivity index is 0.000000217. The molecule has 6 heteroatoms. The van der Waals surface area contributed by atoms with Gasteiger partial charge in [0.25, 0.3) is 0 Å². The molecule has 0 radical (unpaired) electrons. The summed E-state index contributed by atoms with van der Waals surface area (Å²) in [5.74, 6) is -2.75. The first-order valence-corrected chi connectivity index (χ1v) is 5.80. The first-order valence-electron chi connectivity index (χ1n) is 5.80. The number of para-hydroxylation sites is 1. The molecule has 0 aliphatic rings. The molecule has 0 fully saturated rings. The van der Waals surface area contributed by atoms with Gasteiger partial charge in [-0.3, -0.25) is 0 Å². The molecular formula is C14H14N2O4. The van der Waals surface area contributed by atoms with Gasteiger partial charge in [-0.1, -0.05) is 24.3 Å². The second kappa shape index (κ2) is 7.65. The van der Waals surface area contributed by atoms with E-state index in [1.807, 2.05) is 25.2 Å². The van der Waals surface area contributed by atoms with Crippen LogP contribution >= 0.6 is 0 Å². The maximum Gasteiger partial charge on any atom is 0.354 e. The van der Waals surface area contributed by atoms with E-state index in [9.17, 15) is 14.7 Å². The number of carboxylic acid groups (broad SMARTS) is 2. The van der Waals surface area contributed by atoms with Crippen LogP contribution in [0.2, 0.25) is 0 Å². The molecule has 20 heavy (non-hydrogen) atoms. The summed E-state index contributed by atoms with van der Waals surface area (Å²) in [7, 11) is 2.04. The van der Waals surface area contributed by atoms with E-state index >= 15 is 0 Å². The van der Waals surface area contributed by atoms with Crippen LogP contribution in [0.1, 0.15) is 21.0 Å². The van der Waals surface area contributed by atoms with Crippen molar-refractivity contribution in [2.75, 3.05) is 7.05 Å². The number of hydrogen-bond donors (Lipinski definition) is 2.